The Hall–Kier alpha value is -1.30. The summed E-state index contributed by atoms with van der Waals surface area (Å²) < 4.78 is 0. The Labute approximate surface area is 81.5 Å². The topological polar surface area (TPSA) is 101 Å². The summed E-state index contributed by atoms with van der Waals surface area (Å²) in [6.45, 7) is -0.729. The Morgan fingerprint density at radius 3 is 1.57 bits per heavy atom. The van der Waals surface area contributed by atoms with Crippen molar-refractivity contribution in [2.45, 2.75) is 6.10 Å². The van der Waals surface area contributed by atoms with Crippen molar-refractivity contribution < 1.29 is 25.5 Å². The number of benzene rings is 1. The zero-order chi connectivity index (χ0) is 11.0. The predicted molar refractivity (Wildman–Crippen MR) is 50.0 cm³/mol. The molecule has 0 atom stereocenters. The van der Waals surface area contributed by atoms with Crippen LogP contribution in [0.4, 0.5) is 0 Å². The third-order valence-electron chi connectivity index (χ3n) is 1.25. The van der Waals surface area contributed by atoms with Crippen molar-refractivity contribution in [2.24, 2.45) is 0 Å². The predicted octanol–water partition coefficient (Wildman–Crippen LogP) is -0.570. The van der Waals surface area contributed by atoms with Crippen molar-refractivity contribution in [1.82, 2.24) is 0 Å². The summed E-state index contributed by atoms with van der Waals surface area (Å²) >= 11 is 0. The first kappa shape index (κ1) is 12.7. The second kappa shape index (κ2) is 7.14. The fourth-order valence-electron chi connectivity index (χ4n) is 0.551. The maximum absolute atomic E-state index is 8.65. The molecule has 0 amide bonds. The number of aromatic hydroxyl groups is 2. The van der Waals surface area contributed by atoms with Crippen molar-refractivity contribution in [3.63, 3.8) is 0 Å². The zero-order valence-electron chi connectivity index (χ0n) is 7.54. The lowest BCUT2D eigenvalue weighted by Gasteiger charge is -1.96. The second-order valence-electron chi connectivity index (χ2n) is 2.54. The first-order valence-corrected chi connectivity index (χ1v) is 3.98. The van der Waals surface area contributed by atoms with Crippen molar-refractivity contribution in [3.8, 4) is 11.5 Å². The lowest BCUT2D eigenvalue weighted by molar-refractivity contribution is 0.0450. The van der Waals surface area contributed by atoms with E-state index in [2.05, 4.69) is 0 Å². The van der Waals surface area contributed by atoms with E-state index in [-0.39, 0.29) is 24.7 Å². The molecule has 0 aliphatic heterocycles. The summed E-state index contributed by atoms with van der Waals surface area (Å²) in [5.74, 6) is 0.176. The maximum atomic E-state index is 8.65. The monoisotopic (exact) mass is 202 g/mol. The standard InChI is InChI=1S/C6H6O2.C3H8O3/c7-5-2-1-3-6(8)4-5;4-1-3(6)2-5/h1-4,7-8H;3-6H,1-2H2. The molecule has 1 aromatic carbocycles. The van der Waals surface area contributed by atoms with E-state index < -0.39 is 6.10 Å². The Kier molecular flexibility index (Phi) is 6.47. The molecule has 0 heterocycles. The Bertz CT molecular complexity index is 229. The fourth-order valence-corrected chi connectivity index (χ4v) is 0.551. The molecule has 0 aliphatic rings. The normalized spacial score (nSPS) is 9.43. The molecule has 80 valence electrons. The van der Waals surface area contributed by atoms with Gasteiger partial charge in [0.25, 0.3) is 0 Å². The van der Waals surface area contributed by atoms with Gasteiger partial charge in [0.05, 0.1) is 13.2 Å². The van der Waals surface area contributed by atoms with E-state index in [0.29, 0.717) is 0 Å². The van der Waals surface area contributed by atoms with E-state index >= 15 is 0 Å². The lowest BCUT2D eigenvalue weighted by Crippen LogP contribution is -2.15. The highest BCUT2D eigenvalue weighted by Gasteiger charge is 1.93. The highest BCUT2D eigenvalue weighted by Crippen LogP contribution is 2.14. The molecule has 0 saturated heterocycles. The molecule has 0 fully saturated rings. The maximum Gasteiger partial charge on any atom is 0.119 e. The van der Waals surface area contributed by atoms with Gasteiger partial charge in [-0.05, 0) is 12.1 Å². The average molecular weight is 202 g/mol. The number of hydrogen-bond donors (Lipinski definition) is 5. The highest BCUT2D eigenvalue weighted by atomic mass is 16.3. The summed E-state index contributed by atoms with van der Waals surface area (Å²) in [6, 6.07) is 5.85. The first-order valence-electron chi connectivity index (χ1n) is 3.98. The Morgan fingerprint density at radius 1 is 1.00 bits per heavy atom. The van der Waals surface area contributed by atoms with Crippen LogP contribution in [0.5, 0.6) is 11.5 Å². The molecule has 0 unspecified atom stereocenters. The molecule has 14 heavy (non-hydrogen) atoms. The van der Waals surface area contributed by atoms with E-state index in [9.17, 15) is 0 Å². The molecule has 1 rings (SSSR count). The number of aliphatic hydroxyl groups is 3. The van der Waals surface area contributed by atoms with Gasteiger partial charge in [0.2, 0.25) is 0 Å². The van der Waals surface area contributed by atoms with Crippen LogP contribution in [0.15, 0.2) is 24.3 Å². The molecule has 5 N–H and O–H groups in total. The summed E-state index contributed by atoms with van der Waals surface area (Å²) in [5.41, 5.74) is 0. The van der Waals surface area contributed by atoms with Crippen LogP contribution < -0.4 is 0 Å². The smallest absolute Gasteiger partial charge is 0.119 e. The van der Waals surface area contributed by atoms with E-state index in [1.165, 1.54) is 18.2 Å². The second-order valence-corrected chi connectivity index (χ2v) is 2.54. The molecule has 5 heteroatoms. The van der Waals surface area contributed by atoms with Crippen molar-refractivity contribution >= 4 is 0 Å². The van der Waals surface area contributed by atoms with Crippen LogP contribution in [0.3, 0.4) is 0 Å². The van der Waals surface area contributed by atoms with Gasteiger partial charge < -0.3 is 25.5 Å². The van der Waals surface area contributed by atoms with Crippen LogP contribution >= 0.6 is 0 Å². The number of phenols is 2. The summed E-state index contributed by atoms with van der Waals surface area (Å²) in [7, 11) is 0. The van der Waals surface area contributed by atoms with Crippen molar-refractivity contribution in [3.05, 3.63) is 24.3 Å². The van der Waals surface area contributed by atoms with Gasteiger partial charge >= 0.3 is 0 Å². The molecular formula is C9H14O5. The molecule has 0 aromatic heterocycles. The first-order chi connectivity index (χ1) is 6.60. The highest BCUT2D eigenvalue weighted by molar-refractivity contribution is 5.30. The van der Waals surface area contributed by atoms with E-state index in [1.54, 1.807) is 6.07 Å². The number of phenolic OH excluding ortho intramolecular Hbond substituents is 2. The van der Waals surface area contributed by atoms with E-state index in [1.807, 2.05) is 0 Å². The Balaban J connectivity index is 0.000000255. The molecule has 5 nitrogen and oxygen atoms in total. The molecule has 0 saturated carbocycles. The quantitative estimate of drug-likeness (QED) is 0.442. The van der Waals surface area contributed by atoms with Crippen LogP contribution in [-0.4, -0.2) is 44.9 Å². The molecular weight excluding hydrogens is 188 g/mol. The molecule has 0 radical (unpaired) electrons. The minimum atomic E-state index is -0.954. The van der Waals surface area contributed by atoms with Gasteiger partial charge in [-0.15, -0.1) is 0 Å². The SMILES string of the molecule is OCC(O)CO.Oc1cccc(O)c1. The number of rotatable bonds is 2. The largest absolute Gasteiger partial charge is 0.508 e. The van der Waals surface area contributed by atoms with Crippen LogP contribution in [0.25, 0.3) is 0 Å². The summed E-state index contributed by atoms with van der Waals surface area (Å²) in [6.07, 6.45) is -0.954. The van der Waals surface area contributed by atoms with Gasteiger partial charge in [-0.3, -0.25) is 0 Å². The number of hydrogen-bond acceptors (Lipinski definition) is 5. The van der Waals surface area contributed by atoms with Gasteiger partial charge in [-0.25, -0.2) is 0 Å². The molecule has 0 aliphatic carbocycles. The summed E-state index contributed by atoms with van der Waals surface area (Å²) in [4.78, 5) is 0. The van der Waals surface area contributed by atoms with Gasteiger partial charge in [-0.1, -0.05) is 6.07 Å². The van der Waals surface area contributed by atoms with Gasteiger partial charge in [0.15, 0.2) is 0 Å². The van der Waals surface area contributed by atoms with Crippen LogP contribution in [0, 0.1) is 0 Å². The van der Waals surface area contributed by atoms with Crippen LogP contribution in [0.2, 0.25) is 0 Å². The van der Waals surface area contributed by atoms with Crippen LogP contribution in [0.1, 0.15) is 0 Å². The van der Waals surface area contributed by atoms with E-state index in [4.69, 9.17) is 25.5 Å². The minimum Gasteiger partial charge on any atom is -0.508 e. The zero-order valence-corrected chi connectivity index (χ0v) is 7.54. The Morgan fingerprint density at radius 2 is 1.43 bits per heavy atom. The molecule has 0 spiro atoms. The number of aliphatic hydroxyl groups excluding tert-OH is 3. The fraction of sp³-hybridized carbons (Fsp3) is 0.333. The third-order valence-corrected chi connectivity index (χ3v) is 1.25. The minimum absolute atomic E-state index is 0.0880. The molecule has 0 bridgehead atoms. The molecule has 1 aromatic rings. The van der Waals surface area contributed by atoms with Crippen LogP contribution in [-0.2, 0) is 0 Å². The van der Waals surface area contributed by atoms with Gasteiger partial charge in [0.1, 0.15) is 17.6 Å². The van der Waals surface area contributed by atoms with Gasteiger partial charge in [0, 0.05) is 6.07 Å². The summed E-state index contributed by atoms with van der Waals surface area (Å²) in [5, 5.41) is 41.3. The lowest BCUT2D eigenvalue weighted by atomic mass is 10.3. The van der Waals surface area contributed by atoms with E-state index in [0.717, 1.165) is 0 Å². The van der Waals surface area contributed by atoms with Crippen molar-refractivity contribution in [1.29, 1.82) is 0 Å². The van der Waals surface area contributed by atoms with Crippen molar-refractivity contribution in [2.75, 3.05) is 13.2 Å². The third kappa shape index (κ3) is 6.24. The van der Waals surface area contributed by atoms with Gasteiger partial charge in [-0.2, -0.15) is 0 Å². The average Bonchev–Trinajstić information content (AvgIpc) is 2.17.